The molecule has 198 valence electrons. The number of rotatable bonds is 10. The second-order valence-electron chi connectivity index (χ2n) is 10.2. The quantitative estimate of drug-likeness (QED) is 0.402. The van der Waals surface area contributed by atoms with Crippen LogP contribution in [-0.4, -0.2) is 55.4 Å². The van der Waals surface area contributed by atoms with Crippen molar-refractivity contribution in [3.05, 3.63) is 88.6 Å². The zero-order valence-electron chi connectivity index (χ0n) is 22.5. The molecule has 37 heavy (non-hydrogen) atoms. The van der Waals surface area contributed by atoms with E-state index in [-0.39, 0.29) is 6.04 Å². The predicted molar refractivity (Wildman–Crippen MR) is 155 cm³/mol. The van der Waals surface area contributed by atoms with Crippen LogP contribution in [0.15, 0.2) is 72.5 Å². The van der Waals surface area contributed by atoms with Crippen LogP contribution in [0.25, 0.3) is 5.57 Å². The van der Waals surface area contributed by atoms with E-state index < -0.39 is 5.60 Å². The first kappa shape index (κ1) is 27.3. The van der Waals surface area contributed by atoms with Gasteiger partial charge in [0.1, 0.15) is 12.4 Å². The van der Waals surface area contributed by atoms with Gasteiger partial charge in [-0.2, -0.15) is 0 Å². The number of anilines is 1. The molecule has 2 aromatic carbocycles. The van der Waals surface area contributed by atoms with Crippen molar-refractivity contribution in [3.8, 4) is 5.75 Å². The molecule has 2 aliphatic rings. The minimum Gasteiger partial charge on any atom is -0.490 e. The Bertz CT molecular complexity index is 1150. The van der Waals surface area contributed by atoms with E-state index in [1.54, 1.807) is 0 Å². The fraction of sp³-hybridized carbons (Fsp3) is 0.419. The maximum absolute atomic E-state index is 10.7. The number of nitrogens with one attached hydrogen (secondary N) is 1. The number of halogens is 1. The van der Waals surface area contributed by atoms with E-state index in [4.69, 9.17) is 16.3 Å². The van der Waals surface area contributed by atoms with Gasteiger partial charge in [0.15, 0.2) is 0 Å². The third-order valence-electron chi connectivity index (χ3n) is 7.24. The van der Waals surface area contributed by atoms with Crippen molar-refractivity contribution >= 4 is 22.9 Å². The Kier molecular flexibility index (Phi) is 9.01. The van der Waals surface area contributed by atoms with Crippen LogP contribution in [-0.2, 0) is 5.60 Å². The van der Waals surface area contributed by atoms with Gasteiger partial charge in [0, 0.05) is 42.5 Å². The molecule has 0 fully saturated rings. The molecule has 5 nitrogen and oxygen atoms in total. The highest BCUT2D eigenvalue weighted by Gasteiger charge is 2.28. The average molecular weight is 522 g/mol. The van der Waals surface area contributed by atoms with Gasteiger partial charge < -0.3 is 25.0 Å². The van der Waals surface area contributed by atoms with E-state index in [0.717, 1.165) is 61.0 Å². The molecular formula is C31H40ClN3O2. The maximum atomic E-state index is 10.7. The summed E-state index contributed by atoms with van der Waals surface area (Å²) in [4.78, 5) is 4.89. The van der Waals surface area contributed by atoms with E-state index >= 15 is 0 Å². The number of aliphatic hydroxyl groups is 1. The van der Waals surface area contributed by atoms with E-state index in [1.807, 2.05) is 44.3 Å². The van der Waals surface area contributed by atoms with Gasteiger partial charge in [0.2, 0.25) is 0 Å². The molecule has 0 bridgehead atoms. The highest BCUT2D eigenvalue weighted by atomic mass is 35.5. The Morgan fingerprint density at radius 1 is 1.08 bits per heavy atom. The molecule has 0 aromatic heterocycles. The SMILES string of the molecule is CCN(CC/C=C1\C2=CC=CNC2COc2ccc(C(C)(C)O)cc21)CCN(CC)c1ccc(Cl)cc1. The van der Waals surface area contributed by atoms with Gasteiger partial charge >= 0.3 is 0 Å². The van der Waals surface area contributed by atoms with Crippen molar-refractivity contribution in [3.63, 3.8) is 0 Å². The first-order valence-electron chi connectivity index (χ1n) is 13.4. The summed E-state index contributed by atoms with van der Waals surface area (Å²) in [7, 11) is 0. The first-order valence-corrected chi connectivity index (χ1v) is 13.7. The molecule has 2 N–H and O–H groups in total. The van der Waals surface area contributed by atoms with Crippen molar-refractivity contribution in [1.82, 2.24) is 10.2 Å². The number of hydrogen-bond donors (Lipinski definition) is 2. The summed E-state index contributed by atoms with van der Waals surface area (Å²) in [6, 6.07) is 14.3. The average Bonchev–Trinajstić information content (AvgIpc) is 3.05. The van der Waals surface area contributed by atoms with Crippen molar-refractivity contribution in [2.45, 2.75) is 45.8 Å². The lowest BCUT2D eigenvalue weighted by molar-refractivity contribution is 0.0785. The first-order chi connectivity index (χ1) is 17.8. The highest BCUT2D eigenvalue weighted by molar-refractivity contribution is 6.30. The summed E-state index contributed by atoms with van der Waals surface area (Å²) in [6.45, 7) is 13.5. The summed E-state index contributed by atoms with van der Waals surface area (Å²) in [6.07, 6.45) is 9.49. The molecular weight excluding hydrogens is 482 g/mol. The van der Waals surface area contributed by atoms with E-state index in [2.05, 4.69) is 65.4 Å². The van der Waals surface area contributed by atoms with Crippen molar-refractivity contribution < 1.29 is 9.84 Å². The number of benzene rings is 2. The van der Waals surface area contributed by atoms with E-state index in [9.17, 15) is 5.11 Å². The van der Waals surface area contributed by atoms with Gasteiger partial charge in [-0.25, -0.2) is 0 Å². The van der Waals surface area contributed by atoms with Crippen molar-refractivity contribution in [2.24, 2.45) is 0 Å². The second-order valence-corrected chi connectivity index (χ2v) is 10.6. The fourth-order valence-electron chi connectivity index (χ4n) is 4.95. The molecule has 1 unspecified atom stereocenters. The van der Waals surface area contributed by atoms with Crippen LogP contribution < -0.4 is 15.0 Å². The summed E-state index contributed by atoms with van der Waals surface area (Å²) in [5.74, 6) is 0.866. The molecule has 2 heterocycles. The van der Waals surface area contributed by atoms with Gasteiger partial charge in [0.25, 0.3) is 0 Å². The molecule has 0 amide bonds. The van der Waals surface area contributed by atoms with Crippen molar-refractivity contribution in [1.29, 1.82) is 0 Å². The van der Waals surface area contributed by atoms with Crippen LogP contribution in [0.4, 0.5) is 5.69 Å². The van der Waals surface area contributed by atoms with Crippen LogP contribution in [0.5, 0.6) is 5.75 Å². The molecule has 1 atom stereocenters. The van der Waals surface area contributed by atoms with Gasteiger partial charge in [-0.15, -0.1) is 0 Å². The van der Waals surface area contributed by atoms with Crippen LogP contribution in [0.3, 0.4) is 0 Å². The fourth-order valence-corrected chi connectivity index (χ4v) is 5.08. The predicted octanol–water partition coefficient (Wildman–Crippen LogP) is 5.99. The normalized spacial score (nSPS) is 18.0. The highest BCUT2D eigenvalue weighted by Crippen LogP contribution is 2.39. The van der Waals surface area contributed by atoms with Gasteiger partial charge in [-0.1, -0.05) is 36.7 Å². The minimum absolute atomic E-state index is 0.106. The zero-order chi connectivity index (χ0) is 26.4. The number of fused-ring (bicyclic) bond motifs is 2. The third kappa shape index (κ3) is 6.78. The van der Waals surface area contributed by atoms with Crippen LogP contribution in [0.2, 0.25) is 5.02 Å². The summed E-state index contributed by atoms with van der Waals surface area (Å²) >= 11 is 6.08. The lowest BCUT2D eigenvalue weighted by atomic mass is 9.88. The van der Waals surface area contributed by atoms with E-state index in [0.29, 0.717) is 6.61 Å². The number of dihydropyridines is 1. The lowest BCUT2D eigenvalue weighted by Gasteiger charge is -2.28. The summed E-state index contributed by atoms with van der Waals surface area (Å²) in [5, 5.41) is 14.9. The summed E-state index contributed by atoms with van der Waals surface area (Å²) in [5.41, 5.74) is 4.65. The minimum atomic E-state index is -0.917. The molecule has 0 spiro atoms. The number of allylic oxidation sites excluding steroid dienone is 2. The Morgan fingerprint density at radius 3 is 2.57 bits per heavy atom. The van der Waals surface area contributed by atoms with Gasteiger partial charge in [-0.3, -0.25) is 0 Å². The molecule has 0 radical (unpaired) electrons. The third-order valence-corrected chi connectivity index (χ3v) is 7.49. The van der Waals surface area contributed by atoms with Gasteiger partial charge in [0.05, 0.1) is 11.6 Å². The lowest BCUT2D eigenvalue weighted by Crippen LogP contribution is -2.35. The van der Waals surface area contributed by atoms with E-state index in [1.165, 1.54) is 16.8 Å². The number of nitrogens with zero attached hydrogens (tertiary/aromatic N) is 2. The van der Waals surface area contributed by atoms with Gasteiger partial charge in [-0.05, 0) is 99.1 Å². The second kappa shape index (κ2) is 12.2. The summed E-state index contributed by atoms with van der Waals surface area (Å²) < 4.78 is 6.21. The van der Waals surface area contributed by atoms with Crippen LogP contribution in [0, 0.1) is 0 Å². The molecule has 0 aliphatic carbocycles. The van der Waals surface area contributed by atoms with Crippen LogP contribution >= 0.6 is 11.6 Å². The number of hydrogen-bond acceptors (Lipinski definition) is 5. The topological polar surface area (TPSA) is 48.0 Å². The largest absolute Gasteiger partial charge is 0.490 e. The standard InChI is InChI=1S/C31H40ClN3O2/c1-5-34(19-20-35(6-2)25-14-12-24(32)13-15-25)18-8-10-26-27-9-7-17-33-29(27)22-37-30-16-11-23(21-28(26)30)31(3,4)36/h7,9-17,21,29,33,36H,5-6,8,18-20,22H2,1-4H3/b26-10+. The Labute approximate surface area is 227 Å². The Balaban J connectivity index is 1.51. The Morgan fingerprint density at radius 2 is 1.86 bits per heavy atom. The smallest absolute Gasteiger partial charge is 0.127 e. The maximum Gasteiger partial charge on any atom is 0.127 e. The molecule has 0 saturated carbocycles. The zero-order valence-corrected chi connectivity index (χ0v) is 23.3. The Hall–Kier alpha value is -2.73. The van der Waals surface area contributed by atoms with Crippen LogP contribution in [0.1, 0.15) is 45.2 Å². The molecule has 2 aromatic rings. The molecule has 6 heteroatoms. The molecule has 2 aliphatic heterocycles. The van der Waals surface area contributed by atoms with Crippen molar-refractivity contribution in [2.75, 3.05) is 44.2 Å². The number of likely N-dealkylation sites (N-methyl/N-ethyl adjacent to an activating group) is 2. The molecule has 0 saturated heterocycles. The number of ether oxygens (including phenoxy) is 1. The monoisotopic (exact) mass is 521 g/mol. The molecule has 4 rings (SSSR count).